The lowest BCUT2D eigenvalue weighted by atomic mass is 10.0. The number of methoxy groups -OCH3 is 1. The van der Waals surface area contributed by atoms with Gasteiger partial charge in [0.15, 0.2) is 5.78 Å². The molecule has 0 radical (unpaired) electrons. The molecule has 1 aromatic carbocycles. The molecule has 0 saturated carbocycles. The van der Waals surface area contributed by atoms with E-state index in [4.69, 9.17) is 10.5 Å². The molecule has 0 spiro atoms. The predicted molar refractivity (Wildman–Crippen MR) is 76.9 cm³/mol. The van der Waals surface area contributed by atoms with Gasteiger partial charge in [-0.25, -0.2) is 4.98 Å². The van der Waals surface area contributed by atoms with Crippen molar-refractivity contribution in [3.8, 4) is 5.75 Å². The van der Waals surface area contributed by atoms with Crippen LogP contribution in [0.5, 0.6) is 5.75 Å². The summed E-state index contributed by atoms with van der Waals surface area (Å²) in [6.07, 6.45) is 3.35. The normalized spacial score (nSPS) is 10.7. The quantitative estimate of drug-likeness (QED) is 0.564. The van der Waals surface area contributed by atoms with Crippen LogP contribution in [0.3, 0.4) is 0 Å². The number of nitrogens with one attached hydrogen (secondary N) is 1. The zero-order chi connectivity index (χ0) is 14.1. The number of pyridine rings is 1. The number of nitrogen functional groups attached to an aromatic ring is 1. The first-order valence-electron chi connectivity index (χ1n) is 6.11. The number of ether oxygens (including phenoxy) is 1. The molecule has 3 N–H and O–H groups in total. The van der Waals surface area contributed by atoms with Crippen molar-refractivity contribution >= 4 is 22.5 Å². The van der Waals surface area contributed by atoms with Gasteiger partial charge in [-0.15, -0.1) is 0 Å². The summed E-state index contributed by atoms with van der Waals surface area (Å²) < 4.78 is 5.09. The van der Waals surface area contributed by atoms with Gasteiger partial charge in [0.2, 0.25) is 0 Å². The molecule has 2 heterocycles. The molecular formula is C15H13N3O2. The van der Waals surface area contributed by atoms with Crippen molar-refractivity contribution < 1.29 is 9.53 Å². The minimum absolute atomic E-state index is 0.0985. The van der Waals surface area contributed by atoms with Crippen LogP contribution in [-0.2, 0) is 0 Å². The molecule has 100 valence electrons. The lowest BCUT2D eigenvalue weighted by Gasteiger charge is -2.06. The van der Waals surface area contributed by atoms with Crippen LogP contribution >= 0.6 is 0 Å². The van der Waals surface area contributed by atoms with Gasteiger partial charge in [-0.3, -0.25) is 4.79 Å². The van der Waals surface area contributed by atoms with Gasteiger partial charge in [0.05, 0.1) is 12.8 Å². The lowest BCUT2D eigenvalue weighted by molar-refractivity contribution is 0.104. The predicted octanol–water partition coefficient (Wildman–Crippen LogP) is 2.38. The van der Waals surface area contributed by atoms with Crippen molar-refractivity contribution in [1.29, 1.82) is 0 Å². The largest absolute Gasteiger partial charge is 0.495 e. The fourth-order valence-corrected chi connectivity index (χ4v) is 2.17. The van der Waals surface area contributed by atoms with Crippen molar-refractivity contribution in [2.24, 2.45) is 0 Å². The van der Waals surface area contributed by atoms with Crippen molar-refractivity contribution in [1.82, 2.24) is 9.97 Å². The number of nitrogens with zero attached hydrogens (tertiary/aromatic N) is 1. The van der Waals surface area contributed by atoms with Crippen molar-refractivity contribution in [2.45, 2.75) is 0 Å². The van der Waals surface area contributed by atoms with E-state index >= 15 is 0 Å². The van der Waals surface area contributed by atoms with E-state index in [1.54, 1.807) is 43.8 Å². The molecule has 5 nitrogen and oxygen atoms in total. The fraction of sp³-hybridized carbons (Fsp3) is 0.0667. The van der Waals surface area contributed by atoms with Crippen LogP contribution in [0.2, 0.25) is 0 Å². The molecule has 3 aromatic rings. The van der Waals surface area contributed by atoms with E-state index in [2.05, 4.69) is 9.97 Å². The van der Waals surface area contributed by atoms with Gasteiger partial charge in [-0.2, -0.15) is 0 Å². The zero-order valence-corrected chi connectivity index (χ0v) is 10.9. The van der Waals surface area contributed by atoms with E-state index in [0.29, 0.717) is 28.2 Å². The monoisotopic (exact) mass is 267 g/mol. The topological polar surface area (TPSA) is 81.0 Å². The molecule has 5 heteroatoms. The number of nitrogens with two attached hydrogens (primary N) is 1. The number of benzene rings is 1. The van der Waals surface area contributed by atoms with Crippen molar-refractivity contribution in [3.63, 3.8) is 0 Å². The second-order valence-corrected chi connectivity index (χ2v) is 4.39. The highest BCUT2D eigenvalue weighted by atomic mass is 16.5. The molecule has 0 saturated heterocycles. The first kappa shape index (κ1) is 12.2. The number of aromatic nitrogens is 2. The van der Waals surface area contributed by atoms with E-state index in [-0.39, 0.29) is 5.78 Å². The summed E-state index contributed by atoms with van der Waals surface area (Å²) in [5, 5.41) is 0.798. The smallest absolute Gasteiger partial charge is 0.195 e. The number of hydrogen-bond acceptors (Lipinski definition) is 4. The maximum atomic E-state index is 12.5. The Morgan fingerprint density at radius 3 is 2.95 bits per heavy atom. The minimum atomic E-state index is -0.0985. The molecule has 20 heavy (non-hydrogen) atoms. The molecule has 2 aromatic heterocycles. The third kappa shape index (κ3) is 1.89. The Morgan fingerprint density at radius 1 is 1.35 bits per heavy atom. The van der Waals surface area contributed by atoms with Crippen LogP contribution in [0.25, 0.3) is 11.0 Å². The van der Waals surface area contributed by atoms with Crippen LogP contribution < -0.4 is 10.5 Å². The van der Waals surface area contributed by atoms with E-state index in [1.165, 1.54) is 0 Å². The molecule has 3 rings (SSSR count). The number of aromatic amines is 1. The third-order valence-electron chi connectivity index (χ3n) is 3.19. The second kappa shape index (κ2) is 4.70. The van der Waals surface area contributed by atoms with Crippen molar-refractivity contribution in [2.75, 3.05) is 12.8 Å². The third-order valence-corrected chi connectivity index (χ3v) is 3.19. The molecular weight excluding hydrogens is 254 g/mol. The zero-order valence-electron chi connectivity index (χ0n) is 10.9. The number of ketones is 1. The highest BCUT2D eigenvalue weighted by Crippen LogP contribution is 2.25. The molecule has 0 unspecified atom stereocenters. The molecule has 0 aliphatic rings. The first-order valence-corrected chi connectivity index (χ1v) is 6.11. The lowest BCUT2D eigenvalue weighted by Crippen LogP contribution is -2.02. The van der Waals surface area contributed by atoms with Crippen LogP contribution in [0.1, 0.15) is 15.9 Å². The highest BCUT2D eigenvalue weighted by molar-refractivity contribution is 6.16. The summed E-state index contributed by atoms with van der Waals surface area (Å²) in [6.45, 7) is 0. The second-order valence-electron chi connectivity index (χ2n) is 4.39. The number of anilines is 1. The van der Waals surface area contributed by atoms with Gasteiger partial charge in [0.1, 0.15) is 11.4 Å². The summed E-state index contributed by atoms with van der Waals surface area (Å²) in [6, 6.07) is 8.67. The Hall–Kier alpha value is -2.82. The number of H-pyrrole nitrogens is 1. The average molecular weight is 267 g/mol. The van der Waals surface area contributed by atoms with E-state index in [0.717, 1.165) is 5.39 Å². The number of carbonyl (C=O) groups excluding carboxylic acids is 1. The van der Waals surface area contributed by atoms with E-state index in [1.807, 2.05) is 6.07 Å². The standard InChI is InChI=1S/C15H13N3O2/c1-20-13-5-4-9(7-12(13)16)14(19)11-8-18-15-10(11)3-2-6-17-15/h2-8H,16H2,1H3,(H,17,18). The Labute approximate surface area is 115 Å². The number of rotatable bonds is 3. The number of fused-ring (bicyclic) bond motifs is 1. The average Bonchev–Trinajstić information content (AvgIpc) is 2.90. The van der Waals surface area contributed by atoms with Gasteiger partial charge in [0, 0.05) is 28.9 Å². The molecule has 0 aliphatic heterocycles. The SMILES string of the molecule is COc1ccc(C(=O)c2c[nH]c3ncccc23)cc1N. The van der Waals surface area contributed by atoms with Crippen LogP contribution in [0.4, 0.5) is 5.69 Å². The van der Waals surface area contributed by atoms with E-state index < -0.39 is 0 Å². The molecule has 0 atom stereocenters. The number of hydrogen-bond donors (Lipinski definition) is 2. The Morgan fingerprint density at radius 2 is 2.20 bits per heavy atom. The van der Waals surface area contributed by atoms with Crippen LogP contribution in [0.15, 0.2) is 42.7 Å². The highest BCUT2D eigenvalue weighted by Gasteiger charge is 2.15. The summed E-state index contributed by atoms with van der Waals surface area (Å²) in [5.41, 5.74) is 8.07. The molecule has 0 fully saturated rings. The summed E-state index contributed by atoms with van der Waals surface area (Å²) in [4.78, 5) is 19.7. The summed E-state index contributed by atoms with van der Waals surface area (Å²) >= 11 is 0. The van der Waals surface area contributed by atoms with Gasteiger partial charge in [-0.1, -0.05) is 0 Å². The van der Waals surface area contributed by atoms with E-state index in [9.17, 15) is 4.79 Å². The van der Waals surface area contributed by atoms with Crippen LogP contribution in [-0.4, -0.2) is 22.9 Å². The Kier molecular flexibility index (Phi) is 2.87. The van der Waals surface area contributed by atoms with Crippen LogP contribution in [0, 0.1) is 0 Å². The van der Waals surface area contributed by atoms with Gasteiger partial charge < -0.3 is 15.5 Å². The summed E-state index contributed by atoms with van der Waals surface area (Å²) in [7, 11) is 1.54. The maximum Gasteiger partial charge on any atom is 0.195 e. The molecule has 0 bridgehead atoms. The van der Waals surface area contributed by atoms with Gasteiger partial charge in [-0.05, 0) is 30.3 Å². The van der Waals surface area contributed by atoms with Gasteiger partial charge in [0.25, 0.3) is 0 Å². The maximum absolute atomic E-state index is 12.5. The molecule has 0 aliphatic carbocycles. The fourth-order valence-electron chi connectivity index (χ4n) is 2.17. The van der Waals surface area contributed by atoms with Crippen molar-refractivity contribution in [3.05, 3.63) is 53.9 Å². The molecule has 0 amide bonds. The number of carbonyl (C=O) groups is 1. The Balaban J connectivity index is 2.06. The summed E-state index contributed by atoms with van der Waals surface area (Å²) in [5.74, 6) is 0.459. The first-order chi connectivity index (χ1) is 9.70. The minimum Gasteiger partial charge on any atom is -0.495 e. The van der Waals surface area contributed by atoms with Gasteiger partial charge >= 0.3 is 0 Å². The Bertz CT molecular complexity index is 793.